The summed E-state index contributed by atoms with van der Waals surface area (Å²) in [5.74, 6) is 0. The minimum absolute atomic E-state index is 0.846. The molecule has 1 N–H and O–H groups in total. The first kappa shape index (κ1) is 10.4. The standard InChI is InChI=1S/C12H14N2/c1-2-12(14-10-13)9-8-11-6-4-3-5-7-11/h3-10,13H,2H2,1H3/b9-8+,13-10?,14-12?. The van der Waals surface area contributed by atoms with Crippen LogP contribution in [0, 0.1) is 5.41 Å². The lowest BCUT2D eigenvalue weighted by Crippen LogP contribution is -1.89. The van der Waals surface area contributed by atoms with E-state index in [1.165, 1.54) is 0 Å². The molecule has 0 saturated heterocycles. The van der Waals surface area contributed by atoms with Gasteiger partial charge < -0.3 is 0 Å². The van der Waals surface area contributed by atoms with E-state index in [1.807, 2.05) is 49.4 Å². The molecule has 2 nitrogen and oxygen atoms in total. The highest BCUT2D eigenvalue weighted by Gasteiger charge is 1.88. The summed E-state index contributed by atoms with van der Waals surface area (Å²) in [5, 5.41) is 6.87. The second kappa shape index (κ2) is 5.86. The van der Waals surface area contributed by atoms with Crippen molar-refractivity contribution in [3.63, 3.8) is 0 Å². The van der Waals surface area contributed by atoms with Crippen LogP contribution in [-0.2, 0) is 0 Å². The van der Waals surface area contributed by atoms with Gasteiger partial charge in [-0.1, -0.05) is 43.3 Å². The van der Waals surface area contributed by atoms with Crippen LogP contribution in [0.5, 0.6) is 0 Å². The molecular weight excluding hydrogens is 172 g/mol. The third kappa shape index (κ3) is 3.35. The van der Waals surface area contributed by atoms with E-state index in [2.05, 4.69) is 4.99 Å². The van der Waals surface area contributed by atoms with Crippen molar-refractivity contribution in [1.82, 2.24) is 0 Å². The summed E-state index contributed by atoms with van der Waals surface area (Å²) in [6.07, 6.45) is 5.87. The van der Waals surface area contributed by atoms with Crippen molar-refractivity contribution in [2.45, 2.75) is 13.3 Å². The maximum atomic E-state index is 6.87. The first-order valence-corrected chi connectivity index (χ1v) is 4.65. The van der Waals surface area contributed by atoms with Crippen molar-refractivity contribution in [2.24, 2.45) is 4.99 Å². The zero-order chi connectivity index (χ0) is 10.2. The Bertz CT molecular complexity index is 337. The van der Waals surface area contributed by atoms with Gasteiger partial charge in [0.1, 0.15) is 6.34 Å². The lowest BCUT2D eigenvalue weighted by molar-refractivity contribution is 1.29. The number of benzene rings is 1. The van der Waals surface area contributed by atoms with E-state index in [9.17, 15) is 0 Å². The van der Waals surface area contributed by atoms with E-state index in [0.717, 1.165) is 24.0 Å². The molecule has 0 atom stereocenters. The second-order valence-electron chi connectivity index (χ2n) is 2.85. The predicted octanol–water partition coefficient (Wildman–Crippen LogP) is 3.16. The molecule has 0 aromatic heterocycles. The smallest absolute Gasteiger partial charge is 0.107 e. The Morgan fingerprint density at radius 1 is 1.36 bits per heavy atom. The second-order valence-corrected chi connectivity index (χ2v) is 2.85. The van der Waals surface area contributed by atoms with E-state index in [-0.39, 0.29) is 0 Å². The number of nitrogens with zero attached hydrogens (tertiary/aromatic N) is 1. The summed E-state index contributed by atoms with van der Waals surface area (Å²) in [5.41, 5.74) is 2.07. The fourth-order valence-corrected chi connectivity index (χ4v) is 1.09. The molecule has 0 spiro atoms. The zero-order valence-electron chi connectivity index (χ0n) is 8.27. The molecule has 0 bridgehead atoms. The van der Waals surface area contributed by atoms with E-state index < -0.39 is 0 Å². The van der Waals surface area contributed by atoms with Gasteiger partial charge in [-0.3, -0.25) is 5.41 Å². The van der Waals surface area contributed by atoms with Crippen LogP contribution in [0.3, 0.4) is 0 Å². The molecule has 0 fully saturated rings. The highest BCUT2D eigenvalue weighted by molar-refractivity contribution is 6.01. The average molecular weight is 186 g/mol. The van der Waals surface area contributed by atoms with Gasteiger partial charge in [-0.25, -0.2) is 4.99 Å². The van der Waals surface area contributed by atoms with Gasteiger partial charge in [0.15, 0.2) is 0 Å². The van der Waals surface area contributed by atoms with Gasteiger partial charge in [-0.2, -0.15) is 0 Å². The van der Waals surface area contributed by atoms with Crippen LogP contribution in [0.25, 0.3) is 6.08 Å². The van der Waals surface area contributed by atoms with Crippen LogP contribution >= 0.6 is 0 Å². The van der Waals surface area contributed by atoms with Crippen molar-refractivity contribution >= 4 is 18.1 Å². The molecular formula is C12H14N2. The molecule has 0 aliphatic heterocycles. The highest BCUT2D eigenvalue weighted by Crippen LogP contribution is 2.01. The molecule has 0 heterocycles. The van der Waals surface area contributed by atoms with Crippen LogP contribution < -0.4 is 0 Å². The monoisotopic (exact) mass is 186 g/mol. The van der Waals surface area contributed by atoms with Crippen molar-refractivity contribution in [3.05, 3.63) is 42.0 Å². The van der Waals surface area contributed by atoms with Crippen molar-refractivity contribution in [1.29, 1.82) is 5.41 Å². The van der Waals surface area contributed by atoms with Crippen molar-refractivity contribution in [2.75, 3.05) is 0 Å². The van der Waals surface area contributed by atoms with E-state index in [1.54, 1.807) is 0 Å². The Morgan fingerprint density at radius 2 is 2.07 bits per heavy atom. The molecule has 0 unspecified atom stereocenters. The molecule has 2 heteroatoms. The number of allylic oxidation sites excluding steroid dienone is 1. The maximum Gasteiger partial charge on any atom is 0.107 e. The Morgan fingerprint density at radius 3 is 2.64 bits per heavy atom. The molecule has 1 rings (SSSR count). The summed E-state index contributed by atoms with van der Waals surface area (Å²) in [7, 11) is 0. The van der Waals surface area contributed by atoms with Gasteiger partial charge in [0.2, 0.25) is 0 Å². The fraction of sp³-hybridized carbons (Fsp3) is 0.167. The first-order chi connectivity index (χ1) is 6.86. The lowest BCUT2D eigenvalue weighted by atomic mass is 10.2. The highest BCUT2D eigenvalue weighted by atomic mass is 14.8. The number of rotatable bonds is 4. The summed E-state index contributed by atoms with van der Waals surface area (Å²) < 4.78 is 0. The van der Waals surface area contributed by atoms with Gasteiger partial charge in [-0.15, -0.1) is 0 Å². The van der Waals surface area contributed by atoms with Crippen LogP contribution in [-0.4, -0.2) is 12.1 Å². The molecule has 0 aliphatic carbocycles. The lowest BCUT2D eigenvalue weighted by Gasteiger charge is -1.93. The minimum atomic E-state index is 0.846. The van der Waals surface area contributed by atoms with Crippen molar-refractivity contribution in [3.8, 4) is 0 Å². The van der Waals surface area contributed by atoms with E-state index in [4.69, 9.17) is 5.41 Å². The van der Waals surface area contributed by atoms with Gasteiger partial charge in [0.25, 0.3) is 0 Å². The molecule has 0 amide bonds. The zero-order valence-corrected chi connectivity index (χ0v) is 8.27. The SMILES string of the molecule is CCC(/C=C/c1ccccc1)=NC=N. The quantitative estimate of drug-likeness (QED) is 0.554. The fourth-order valence-electron chi connectivity index (χ4n) is 1.09. The number of hydrogen-bond acceptors (Lipinski definition) is 1. The Hall–Kier alpha value is -1.70. The number of aliphatic imine (C=N–C) groups is 1. The largest absolute Gasteiger partial charge is 0.290 e. The Labute approximate surface area is 84.5 Å². The molecule has 1 aromatic carbocycles. The van der Waals surface area contributed by atoms with Crippen LogP contribution in [0.2, 0.25) is 0 Å². The van der Waals surface area contributed by atoms with E-state index in [0.29, 0.717) is 0 Å². The topological polar surface area (TPSA) is 36.2 Å². The summed E-state index contributed by atoms with van der Waals surface area (Å²) in [6, 6.07) is 10.1. The maximum absolute atomic E-state index is 6.87. The Balaban J connectivity index is 2.72. The van der Waals surface area contributed by atoms with E-state index >= 15 is 0 Å². The summed E-state index contributed by atoms with van der Waals surface area (Å²) >= 11 is 0. The van der Waals surface area contributed by atoms with Crippen molar-refractivity contribution < 1.29 is 0 Å². The molecule has 72 valence electrons. The van der Waals surface area contributed by atoms with Crippen LogP contribution in [0.1, 0.15) is 18.9 Å². The molecule has 1 aromatic rings. The van der Waals surface area contributed by atoms with Crippen LogP contribution in [0.4, 0.5) is 0 Å². The number of hydrogen-bond donors (Lipinski definition) is 1. The van der Waals surface area contributed by atoms with Crippen LogP contribution in [0.15, 0.2) is 41.4 Å². The minimum Gasteiger partial charge on any atom is -0.290 e. The number of nitrogens with one attached hydrogen (secondary N) is 1. The predicted molar refractivity (Wildman–Crippen MR) is 62.0 cm³/mol. The summed E-state index contributed by atoms with van der Waals surface area (Å²) in [6.45, 7) is 2.03. The molecule has 0 radical (unpaired) electrons. The summed E-state index contributed by atoms with van der Waals surface area (Å²) in [4.78, 5) is 3.93. The third-order valence-electron chi connectivity index (χ3n) is 1.86. The Kier molecular flexibility index (Phi) is 4.35. The normalized spacial score (nSPS) is 11.9. The average Bonchev–Trinajstić information content (AvgIpc) is 2.25. The van der Waals surface area contributed by atoms with Gasteiger partial charge in [0.05, 0.1) is 0 Å². The third-order valence-corrected chi connectivity index (χ3v) is 1.86. The molecule has 0 aliphatic rings. The van der Waals surface area contributed by atoms with Gasteiger partial charge >= 0.3 is 0 Å². The van der Waals surface area contributed by atoms with Gasteiger partial charge in [-0.05, 0) is 18.1 Å². The van der Waals surface area contributed by atoms with Gasteiger partial charge in [0, 0.05) is 5.71 Å². The first-order valence-electron chi connectivity index (χ1n) is 4.65. The molecule has 14 heavy (non-hydrogen) atoms. The molecule has 0 saturated carbocycles.